The average molecular weight is 469 g/mol. The molecule has 4 aromatic rings. The summed E-state index contributed by atoms with van der Waals surface area (Å²) in [5.74, 6) is -0.382. The fraction of sp³-hybridized carbons (Fsp3) is 0.143. The number of imide groups is 1. The smallest absolute Gasteiger partial charge is 0.416 e. The molecule has 4 aromatic carbocycles. The number of cyclic esters (lactones) is 1. The number of hydrogen-bond acceptors (Lipinski definition) is 4. The van der Waals surface area contributed by atoms with E-state index in [2.05, 4.69) is 0 Å². The predicted octanol–water partition coefficient (Wildman–Crippen LogP) is 5.26. The first-order chi connectivity index (χ1) is 16.6. The molecule has 34 heavy (non-hydrogen) atoms. The third-order valence-corrected chi connectivity index (χ3v) is 9.80. The standard InChI is InChI=1S/C28H24NO4P/c30-27(29-17-18-33-28(29)31)20-26(23-16-15-21-9-7-8-10-22(21)19-23)34(32,24-11-3-1-4-12-24)25-13-5-2-6-14-25/h1-16,19,26H,17-18,20H2/t26-/m0/s1. The molecule has 0 bridgehead atoms. The maximum Gasteiger partial charge on any atom is 0.416 e. The van der Waals surface area contributed by atoms with Gasteiger partial charge >= 0.3 is 6.09 Å². The molecule has 6 heteroatoms. The summed E-state index contributed by atoms with van der Waals surface area (Å²) in [5, 5.41) is 3.42. The lowest BCUT2D eigenvalue weighted by Crippen LogP contribution is -2.34. The molecule has 1 saturated heterocycles. The van der Waals surface area contributed by atoms with Crippen molar-refractivity contribution >= 4 is 40.5 Å². The Bertz CT molecular complexity index is 1340. The molecule has 0 spiro atoms. The van der Waals surface area contributed by atoms with Gasteiger partial charge in [0.1, 0.15) is 6.61 Å². The van der Waals surface area contributed by atoms with Gasteiger partial charge in [-0.3, -0.25) is 4.79 Å². The summed E-state index contributed by atoms with van der Waals surface area (Å²) in [5.41, 5.74) is 0.151. The lowest BCUT2D eigenvalue weighted by Gasteiger charge is -2.30. The number of ether oxygens (including phenoxy) is 1. The molecule has 170 valence electrons. The van der Waals surface area contributed by atoms with Gasteiger partial charge in [-0.25, -0.2) is 9.69 Å². The van der Waals surface area contributed by atoms with E-state index in [-0.39, 0.29) is 25.5 Å². The van der Waals surface area contributed by atoms with Crippen LogP contribution < -0.4 is 10.6 Å². The van der Waals surface area contributed by atoms with Crippen LogP contribution in [0, 0.1) is 0 Å². The molecule has 0 radical (unpaired) electrons. The van der Waals surface area contributed by atoms with Crippen molar-refractivity contribution in [3.05, 3.63) is 109 Å². The molecule has 5 nitrogen and oxygen atoms in total. The largest absolute Gasteiger partial charge is 0.447 e. The molecule has 1 fully saturated rings. The summed E-state index contributed by atoms with van der Waals surface area (Å²) in [7, 11) is -3.35. The number of amides is 2. The Morgan fingerprint density at radius 3 is 2.00 bits per heavy atom. The van der Waals surface area contributed by atoms with Crippen molar-refractivity contribution in [2.75, 3.05) is 13.2 Å². The molecule has 0 aliphatic carbocycles. The first-order valence-corrected chi connectivity index (χ1v) is 13.0. The Kier molecular flexibility index (Phi) is 6.04. The fourth-order valence-corrected chi connectivity index (χ4v) is 7.82. The van der Waals surface area contributed by atoms with Crippen molar-refractivity contribution in [3.8, 4) is 0 Å². The minimum atomic E-state index is -3.35. The number of fused-ring (bicyclic) bond motifs is 1. The fourth-order valence-electron chi connectivity index (χ4n) is 4.57. The van der Waals surface area contributed by atoms with Gasteiger partial charge in [0.2, 0.25) is 5.91 Å². The Morgan fingerprint density at radius 2 is 1.41 bits per heavy atom. The zero-order chi connectivity index (χ0) is 23.5. The Labute approximate surface area is 198 Å². The van der Waals surface area contributed by atoms with E-state index >= 15 is 4.57 Å². The van der Waals surface area contributed by atoms with Crippen molar-refractivity contribution in [1.82, 2.24) is 4.90 Å². The number of hydrogen-bond donors (Lipinski definition) is 0. The number of benzene rings is 4. The third-order valence-electron chi connectivity index (χ3n) is 6.31. The minimum Gasteiger partial charge on any atom is -0.447 e. The van der Waals surface area contributed by atoms with E-state index in [1.54, 1.807) is 0 Å². The van der Waals surface area contributed by atoms with Crippen LogP contribution in [-0.2, 0) is 14.1 Å². The van der Waals surface area contributed by atoms with E-state index < -0.39 is 18.9 Å². The summed E-state index contributed by atoms with van der Waals surface area (Å²) < 4.78 is 20.2. The third kappa shape index (κ3) is 4.04. The van der Waals surface area contributed by atoms with Crippen LogP contribution in [0.2, 0.25) is 0 Å². The number of carbonyl (C=O) groups excluding carboxylic acids is 2. The maximum atomic E-state index is 15.2. The molecule has 0 unspecified atom stereocenters. The van der Waals surface area contributed by atoms with Gasteiger partial charge in [-0.05, 0) is 16.3 Å². The highest BCUT2D eigenvalue weighted by atomic mass is 31.2. The number of nitrogens with zero attached hydrogens (tertiary/aromatic N) is 1. The normalized spacial score (nSPS) is 14.7. The van der Waals surface area contributed by atoms with Gasteiger partial charge in [0, 0.05) is 17.0 Å². The molecule has 2 amide bonds. The summed E-state index contributed by atoms with van der Waals surface area (Å²) in [6, 6.07) is 32.6. The molecule has 1 atom stereocenters. The molecule has 1 aliphatic heterocycles. The topological polar surface area (TPSA) is 63.7 Å². The molecular weight excluding hydrogens is 445 g/mol. The van der Waals surface area contributed by atoms with Crippen LogP contribution in [0.4, 0.5) is 4.79 Å². The van der Waals surface area contributed by atoms with Crippen molar-refractivity contribution in [1.29, 1.82) is 0 Å². The van der Waals surface area contributed by atoms with Gasteiger partial charge in [0.25, 0.3) is 0 Å². The molecule has 1 aliphatic rings. The van der Waals surface area contributed by atoms with Crippen molar-refractivity contribution in [2.24, 2.45) is 0 Å². The molecule has 5 rings (SSSR count). The predicted molar refractivity (Wildman–Crippen MR) is 134 cm³/mol. The van der Waals surface area contributed by atoms with Gasteiger partial charge < -0.3 is 9.30 Å². The SMILES string of the molecule is O=C(C[C@@H](c1ccc2ccccc2c1)P(=O)(c1ccccc1)c1ccccc1)N1CCOC1=O. The zero-order valence-corrected chi connectivity index (χ0v) is 19.4. The van der Waals surface area contributed by atoms with Gasteiger partial charge in [-0.1, -0.05) is 103 Å². The van der Waals surface area contributed by atoms with E-state index in [0.29, 0.717) is 10.6 Å². The van der Waals surface area contributed by atoms with E-state index in [9.17, 15) is 9.59 Å². The monoisotopic (exact) mass is 469 g/mol. The van der Waals surface area contributed by atoms with Gasteiger partial charge in [-0.2, -0.15) is 0 Å². The van der Waals surface area contributed by atoms with Crippen LogP contribution >= 0.6 is 7.14 Å². The van der Waals surface area contributed by atoms with Crippen molar-refractivity contribution in [2.45, 2.75) is 12.1 Å². The Balaban J connectivity index is 1.69. The Morgan fingerprint density at radius 1 is 0.824 bits per heavy atom. The molecule has 0 N–H and O–H groups in total. The van der Waals surface area contributed by atoms with Gasteiger partial charge in [0.15, 0.2) is 7.14 Å². The van der Waals surface area contributed by atoms with E-state index in [4.69, 9.17) is 4.74 Å². The van der Waals surface area contributed by atoms with Crippen molar-refractivity contribution < 1.29 is 18.9 Å². The van der Waals surface area contributed by atoms with Crippen LogP contribution in [0.25, 0.3) is 10.8 Å². The van der Waals surface area contributed by atoms with E-state index in [1.165, 1.54) is 0 Å². The summed E-state index contributed by atoms with van der Waals surface area (Å²) >= 11 is 0. The van der Waals surface area contributed by atoms with E-state index in [0.717, 1.165) is 21.2 Å². The highest BCUT2D eigenvalue weighted by Crippen LogP contribution is 2.59. The van der Waals surface area contributed by atoms with Crippen LogP contribution in [0.1, 0.15) is 17.6 Å². The zero-order valence-electron chi connectivity index (χ0n) is 18.5. The summed E-state index contributed by atoms with van der Waals surface area (Å²) in [6.45, 7) is 0.392. The highest BCUT2D eigenvalue weighted by molar-refractivity contribution is 7.79. The second kappa shape index (κ2) is 9.28. The van der Waals surface area contributed by atoms with Crippen LogP contribution in [0.3, 0.4) is 0 Å². The lowest BCUT2D eigenvalue weighted by atomic mass is 10.0. The van der Waals surface area contributed by atoms with Gasteiger partial charge in [0.05, 0.1) is 12.2 Å². The molecule has 1 heterocycles. The quantitative estimate of drug-likeness (QED) is 0.361. The minimum absolute atomic E-state index is 0.0749. The average Bonchev–Trinajstić information content (AvgIpc) is 3.33. The van der Waals surface area contributed by atoms with Gasteiger partial charge in [-0.15, -0.1) is 0 Å². The second-order valence-corrected chi connectivity index (χ2v) is 11.3. The molecule has 0 aromatic heterocycles. The van der Waals surface area contributed by atoms with Crippen LogP contribution in [0.15, 0.2) is 103 Å². The van der Waals surface area contributed by atoms with E-state index in [1.807, 2.05) is 103 Å². The number of carbonyl (C=O) groups is 2. The first kappa shape index (κ1) is 22.1. The molecular formula is C28H24NO4P. The summed E-state index contributed by atoms with van der Waals surface area (Å²) in [6.07, 6.45) is -0.717. The first-order valence-electron chi connectivity index (χ1n) is 11.2. The maximum absolute atomic E-state index is 15.2. The van der Waals surface area contributed by atoms with Crippen LogP contribution in [-0.4, -0.2) is 30.1 Å². The van der Waals surface area contributed by atoms with Crippen LogP contribution in [0.5, 0.6) is 0 Å². The lowest BCUT2D eigenvalue weighted by molar-refractivity contribution is -0.127. The highest BCUT2D eigenvalue weighted by Gasteiger charge is 2.41. The summed E-state index contributed by atoms with van der Waals surface area (Å²) in [4.78, 5) is 26.5. The number of rotatable bonds is 6. The second-order valence-electron chi connectivity index (χ2n) is 8.32. The van der Waals surface area contributed by atoms with Crippen molar-refractivity contribution in [3.63, 3.8) is 0 Å². The Hall–Kier alpha value is -3.69. The molecule has 0 saturated carbocycles.